The highest BCUT2D eigenvalue weighted by molar-refractivity contribution is 5.34. The summed E-state index contributed by atoms with van der Waals surface area (Å²) in [5.74, 6) is 0. The van der Waals surface area contributed by atoms with Crippen LogP contribution >= 0.6 is 0 Å². The Hall–Kier alpha value is -1.60. The fourth-order valence-electron chi connectivity index (χ4n) is 4.46. The molecule has 0 radical (unpaired) electrons. The maximum atomic E-state index is 2.81. The van der Waals surface area contributed by atoms with Gasteiger partial charge in [-0.25, -0.2) is 0 Å². The van der Waals surface area contributed by atoms with Gasteiger partial charge in [-0.3, -0.25) is 4.90 Å². The van der Waals surface area contributed by atoms with Crippen LogP contribution in [0.15, 0.2) is 48.5 Å². The lowest BCUT2D eigenvalue weighted by atomic mass is 9.90. The first-order valence-electron chi connectivity index (χ1n) is 8.71. The van der Waals surface area contributed by atoms with E-state index in [9.17, 15) is 0 Å². The van der Waals surface area contributed by atoms with Crippen LogP contribution in [0.5, 0.6) is 0 Å². The van der Waals surface area contributed by atoms with E-state index in [0.717, 1.165) is 0 Å². The van der Waals surface area contributed by atoms with Crippen molar-refractivity contribution in [1.82, 2.24) is 4.90 Å². The third-order valence-electron chi connectivity index (χ3n) is 5.59. The van der Waals surface area contributed by atoms with Crippen molar-refractivity contribution in [2.75, 3.05) is 6.54 Å². The zero-order valence-electron chi connectivity index (χ0n) is 13.5. The van der Waals surface area contributed by atoms with Crippen molar-refractivity contribution in [2.24, 2.45) is 0 Å². The number of rotatable bonds is 2. The molecule has 1 atom stereocenters. The molecule has 0 saturated carbocycles. The maximum absolute atomic E-state index is 2.81. The molecule has 0 aromatic heterocycles. The van der Waals surface area contributed by atoms with Crippen molar-refractivity contribution in [3.63, 3.8) is 0 Å². The molecule has 0 bridgehead atoms. The number of benzene rings is 2. The van der Waals surface area contributed by atoms with Crippen LogP contribution in [0, 0.1) is 6.92 Å². The van der Waals surface area contributed by atoms with Gasteiger partial charge in [-0.15, -0.1) is 0 Å². The lowest BCUT2D eigenvalue weighted by Crippen LogP contribution is -2.42. The van der Waals surface area contributed by atoms with Crippen molar-refractivity contribution in [3.8, 4) is 0 Å². The Balaban J connectivity index is 1.61. The molecule has 1 fully saturated rings. The number of nitrogens with zero attached hydrogens (tertiary/aromatic N) is 1. The molecule has 0 spiro atoms. The quantitative estimate of drug-likeness (QED) is 0.776. The van der Waals surface area contributed by atoms with E-state index >= 15 is 0 Å². The van der Waals surface area contributed by atoms with Crippen LogP contribution in [0.1, 0.15) is 47.6 Å². The fraction of sp³-hybridized carbons (Fsp3) is 0.429. The first kappa shape index (κ1) is 14.0. The van der Waals surface area contributed by atoms with E-state index in [-0.39, 0.29) is 0 Å². The molecule has 4 rings (SSSR count). The average molecular weight is 291 g/mol. The van der Waals surface area contributed by atoms with E-state index in [1.54, 1.807) is 16.7 Å². The topological polar surface area (TPSA) is 3.24 Å². The van der Waals surface area contributed by atoms with Crippen molar-refractivity contribution in [1.29, 1.82) is 0 Å². The predicted molar refractivity (Wildman–Crippen MR) is 92.1 cm³/mol. The minimum atomic E-state index is 0.620. The molecule has 1 heterocycles. The van der Waals surface area contributed by atoms with E-state index in [4.69, 9.17) is 0 Å². The standard InChI is InChI=1S/C21H25N/c1-16-8-2-5-11-20(16)21-12-6-7-13-22(21)19-14-17-9-3-4-10-18(17)15-19/h2-5,8-11,19,21H,6-7,12-15H2,1H3. The Morgan fingerprint density at radius 2 is 1.55 bits per heavy atom. The van der Waals surface area contributed by atoms with Crippen LogP contribution < -0.4 is 0 Å². The van der Waals surface area contributed by atoms with Crippen LogP contribution in [-0.4, -0.2) is 17.5 Å². The molecule has 2 aromatic rings. The molecule has 1 unspecified atom stereocenters. The number of aryl methyl sites for hydroxylation is 1. The lowest BCUT2D eigenvalue weighted by molar-refractivity contribution is 0.0982. The molecule has 0 amide bonds. The third kappa shape index (κ3) is 2.48. The van der Waals surface area contributed by atoms with Gasteiger partial charge in [0.15, 0.2) is 0 Å². The van der Waals surface area contributed by atoms with E-state index in [1.165, 1.54) is 44.2 Å². The van der Waals surface area contributed by atoms with Crippen molar-refractivity contribution in [3.05, 3.63) is 70.8 Å². The van der Waals surface area contributed by atoms with Gasteiger partial charge < -0.3 is 0 Å². The summed E-state index contributed by atoms with van der Waals surface area (Å²) in [7, 11) is 0. The largest absolute Gasteiger partial charge is 0.293 e. The summed E-state index contributed by atoms with van der Waals surface area (Å²) in [6, 6.07) is 19.3. The average Bonchev–Trinajstić information content (AvgIpc) is 2.99. The van der Waals surface area contributed by atoms with Gasteiger partial charge in [-0.1, -0.05) is 55.0 Å². The molecular formula is C21H25N. The fourth-order valence-corrected chi connectivity index (χ4v) is 4.46. The number of piperidine rings is 1. The van der Waals surface area contributed by atoms with E-state index < -0.39 is 0 Å². The first-order valence-corrected chi connectivity index (χ1v) is 8.71. The predicted octanol–water partition coefficient (Wildman–Crippen LogP) is 4.69. The molecule has 1 aliphatic heterocycles. The number of fused-ring (bicyclic) bond motifs is 1. The Morgan fingerprint density at radius 3 is 2.27 bits per heavy atom. The van der Waals surface area contributed by atoms with Gasteiger partial charge in [-0.05, 0) is 61.4 Å². The van der Waals surface area contributed by atoms with Crippen LogP contribution in [0.4, 0.5) is 0 Å². The van der Waals surface area contributed by atoms with Crippen molar-refractivity contribution >= 4 is 0 Å². The Morgan fingerprint density at radius 1 is 0.864 bits per heavy atom. The van der Waals surface area contributed by atoms with Gasteiger partial charge >= 0.3 is 0 Å². The molecule has 114 valence electrons. The molecule has 1 heteroatoms. The molecule has 2 aliphatic rings. The number of hydrogen-bond acceptors (Lipinski definition) is 1. The van der Waals surface area contributed by atoms with Gasteiger partial charge in [0, 0.05) is 12.1 Å². The highest BCUT2D eigenvalue weighted by Crippen LogP contribution is 2.37. The Labute approximate surface area is 134 Å². The number of hydrogen-bond donors (Lipinski definition) is 0. The van der Waals surface area contributed by atoms with Crippen molar-refractivity contribution in [2.45, 2.75) is 51.1 Å². The van der Waals surface area contributed by atoms with Crippen LogP contribution in [0.2, 0.25) is 0 Å². The maximum Gasteiger partial charge on any atom is 0.0353 e. The monoisotopic (exact) mass is 291 g/mol. The first-order chi connectivity index (χ1) is 10.8. The molecule has 22 heavy (non-hydrogen) atoms. The third-order valence-corrected chi connectivity index (χ3v) is 5.59. The lowest BCUT2D eigenvalue weighted by Gasteiger charge is -2.40. The van der Waals surface area contributed by atoms with Gasteiger partial charge in [0.05, 0.1) is 0 Å². The second kappa shape index (κ2) is 5.89. The van der Waals surface area contributed by atoms with E-state index in [2.05, 4.69) is 60.4 Å². The summed E-state index contributed by atoms with van der Waals surface area (Å²) in [5.41, 5.74) is 6.15. The van der Waals surface area contributed by atoms with Crippen LogP contribution in [-0.2, 0) is 12.8 Å². The summed E-state index contributed by atoms with van der Waals surface area (Å²) in [4.78, 5) is 2.81. The van der Waals surface area contributed by atoms with Gasteiger partial charge in [-0.2, -0.15) is 0 Å². The molecule has 2 aromatic carbocycles. The van der Waals surface area contributed by atoms with E-state index in [1.807, 2.05) is 0 Å². The van der Waals surface area contributed by atoms with Crippen LogP contribution in [0.3, 0.4) is 0 Å². The van der Waals surface area contributed by atoms with E-state index in [0.29, 0.717) is 12.1 Å². The Kier molecular flexibility index (Phi) is 3.75. The summed E-state index contributed by atoms with van der Waals surface area (Å²) < 4.78 is 0. The zero-order valence-corrected chi connectivity index (χ0v) is 13.5. The number of likely N-dealkylation sites (tertiary alicyclic amines) is 1. The second-order valence-corrected chi connectivity index (χ2v) is 6.94. The highest BCUT2D eigenvalue weighted by Gasteiger charge is 2.33. The molecule has 1 saturated heterocycles. The summed E-state index contributed by atoms with van der Waals surface area (Å²) in [6.07, 6.45) is 6.51. The minimum absolute atomic E-state index is 0.620. The van der Waals surface area contributed by atoms with Gasteiger partial charge in [0.2, 0.25) is 0 Å². The highest BCUT2D eigenvalue weighted by atomic mass is 15.2. The van der Waals surface area contributed by atoms with Gasteiger partial charge in [0.25, 0.3) is 0 Å². The smallest absolute Gasteiger partial charge is 0.0353 e. The molecular weight excluding hydrogens is 266 g/mol. The normalized spacial score (nSPS) is 22.7. The molecule has 1 nitrogen and oxygen atoms in total. The summed E-state index contributed by atoms with van der Waals surface area (Å²) in [6.45, 7) is 3.53. The molecule has 1 aliphatic carbocycles. The second-order valence-electron chi connectivity index (χ2n) is 6.94. The Bertz CT molecular complexity index is 635. The minimum Gasteiger partial charge on any atom is -0.293 e. The van der Waals surface area contributed by atoms with Crippen molar-refractivity contribution < 1.29 is 0 Å². The molecule has 0 N–H and O–H groups in total. The van der Waals surface area contributed by atoms with Gasteiger partial charge in [0.1, 0.15) is 0 Å². The zero-order chi connectivity index (χ0) is 14.9. The summed E-state index contributed by atoms with van der Waals surface area (Å²) >= 11 is 0. The summed E-state index contributed by atoms with van der Waals surface area (Å²) in [5, 5.41) is 0. The van der Waals surface area contributed by atoms with Crippen LogP contribution in [0.25, 0.3) is 0 Å². The SMILES string of the molecule is Cc1ccccc1C1CCCCN1C1Cc2ccccc2C1.